The van der Waals surface area contributed by atoms with Gasteiger partial charge in [-0.25, -0.2) is 4.98 Å². The van der Waals surface area contributed by atoms with E-state index >= 15 is 0 Å². The molecule has 0 saturated heterocycles. The molecule has 29 heavy (non-hydrogen) atoms. The number of non-ortho nitro benzene ring substituents is 1. The number of hydrogen-bond donors (Lipinski definition) is 3. The summed E-state index contributed by atoms with van der Waals surface area (Å²) in [4.78, 5) is 54.2. The van der Waals surface area contributed by atoms with Crippen LogP contribution in [0.5, 0.6) is 0 Å². The molecule has 13 heteroatoms. The van der Waals surface area contributed by atoms with Crippen LogP contribution < -0.4 is 16.4 Å². The lowest BCUT2D eigenvalue weighted by Gasteiger charge is -2.07. The lowest BCUT2D eigenvalue weighted by atomic mass is 10.1. The van der Waals surface area contributed by atoms with Gasteiger partial charge in [-0.3, -0.25) is 24.5 Å². The first-order valence-electron chi connectivity index (χ1n) is 8.15. The molecule has 3 N–H and O–H groups in total. The van der Waals surface area contributed by atoms with Crippen LogP contribution in [-0.4, -0.2) is 32.5 Å². The average Bonchev–Trinajstić information content (AvgIpc) is 3.08. The summed E-state index contributed by atoms with van der Waals surface area (Å²) in [5, 5.41) is 16.3. The van der Waals surface area contributed by atoms with E-state index in [-0.39, 0.29) is 59.2 Å². The Morgan fingerprint density at radius 1 is 1.31 bits per heavy atom. The molecule has 0 atom stereocenters. The number of thiazole rings is 1. The van der Waals surface area contributed by atoms with Gasteiger partial charge in [0.2, 0.25) is 0 Å². The minimum atomic E-state index is -0.893. The third-order valence-corrected chi connectivity index (χ3v) is 4.57. The number of fused-ring (bicyclic) bond motifs is 1. The van der Waals surface area contributed by atoms with Gasteiger partial charge in [-0.15, -0.1) is 28.3 Å². The van der Waals surface area contributed by atoms with Crippen molar-refractivity contribution in [1.29, 1.82) is 0 Å². The van der Waals surface area contributed by atoms with Gasteiger partial charge in [0.1, 0.15) is 0 Å². The summed E-state index contributed by atoms with van der Waals surface area (Å²) in [5.74, 6) is -0.384. The van der Waals surface area contributed by atoms with Crippen LogP contribution in [-0.2, 0) is 22.5 Å². The Balaban J connectivity index is 0.00000300. The number of nitrogens with one attached hydrogen (secondary N) is 3. The van der Waals surface area contributed by atoms with Crippen molar-refractivity contribution >= 4 is 56.1 Å². The maximum absolute atomic E-state index is 11.6. The quantitative estimate of drug-likeness (QED) is 0.198. The van der Waals surface area contributed by atoms with Crippen molar-refractivity contribution in [2.75, 3.05) is 11.9 Å². The second-order valence-corrected chi connectivity index (χ2v) is 6.53. The van der Waals surface area contributed by atoms with Gasteiger partial charge in [0.05, 0.1) is 34.7 Å². The molecule has 3 aromatic rings. The second-order valence-electron chi connectivity index (χ2n) is 5.67. The van der Waals surface area contributed by atoms with E-state index in [0.29, 0.717) is 16.4 Å². The predicted octanol–water partition coefficient (Wildman–Crippen LogP) is 1.88. The van der Waals surface area contributed by atoms with Crippen LogP contribution in [0, 0.1) is 10.1 Å². The van der Waals surface area contributed by atoms with E-state index in [4.69, 9.17) is 4.74 Å². The van der Waals surface area contributed by atoms with E-state index in [1.54, 1.807) is 12.3 Å². The number of benzene rings is 1. The van der Waals surface area contributed by atoms with Gasteiger partial charge in [0.15, 0.2) is 5.13 Å². The van der Waals surface area contributed by atoms with Crippen molar-refractivity contribution < 1.29 is 14.5 Å². The van der Waals surface area contributed by atoms with Crippen LogP contribution in [0.25, 0.3) is 11.0 Å². The zero-order valence-corrected chi connectivity index (χ0v) is 17.5. The van der Waals surface area contributed by atoms with E-state index in [1.165, 1.54) is 23.5 Å². The first-order valence-corrected chi connectivity index (χ1v) is 9.03. The van der Waals surface area contributed by atoms with Crippen molar-refractivity contribution in [3.8, 4) is 0 Å². The summed E-state index contributed by atoms with van der Waals surface area (Å²) in [7, 11) is 0. The molecule has 0 amide bonds. The van der Waals surface area contributed by atoms with Gasteiger partial charge in [0.25, 0.3) is 5.69 Å². The number of aromatic amines is 2. The molecule has 11 nitrogen and oxygen atoms in total. The minimum Gasteiger partial charge on any atom is -0.466 e. The molecule has 0 aliphatic carbocycles. The highest BCUT2D eigenvalue weighted by atomic mass is 79.9. The molecule has 3 rings (SSSR count). The number of nitro benzene ring substituents is 1. The van der Waals surface area contributed by atoms with Gasteiger partial charge < -0.3 is 20.0 Å². The molecule has 2 aromatic heterocycles. The van der Waals surface area contributed by atoms with Crippen molar-refractivity contribution in [2.45, 2.75) is 19.9 Å². The number of nitrogens with zero attached hydrogens (tertiary/aromatic N) is 2. The van der Waals surface area contributed by atoms with E-state index in [1.807, 2.05) is 0 Å². The molecule has 0 aliphatic rings. The van der Waals surface area contributed by atoms with Crippen LogP contribution in [0.4, 0.5) is 10.8 Å². The van der Waals surface area contributed by atoms with Crippen LogP contribution in [0.15, 0.2) is 27.1 Å². The van der Waals surface area contributed by atoms with Crippen LogP contribution in [0.2, 0.25) is 0 Å². The number of rotatable bonds is 7. The van der Waals surface area contributed by atoms with E-state index in [2.05, 4.69) is 20.3 Å². The molecular formula is C16H16BrN5O6S. The fourth-order valence-corrected chi connectivity index (χ4v) is 3.24. The summed E-state index contributed by atoms with van der Waals surface area (Å²) in [6, 6.07) is 2.48. The number of esters is 1. The number of aromatic nitrogens is 3. The normalized spacial score (nSPS) is 10.4. The van der Waals surface area contributed by atoms with Crippen molar-refractivity contribution in [1.82, 2.24) is 15.0 Å². The SMILES string of the molecule is Br.CCOC(=O)Cc1csc(NCc2cc([N+](=O)[O-])cc3[nH]c(=O)c(=O)[nH]c23)n1. The lowest BCUT2D eigenvalue weighted by Crippen LogP contribution is -2.29. The van der Waals surface area contributed by atoms with Gasteiger partial charge in [-0.2, -0.15) is 0 Å². The summed E-state index contributed by atoms with van der Waals surface area (Å²) in [5.41, 5.74) is -0.603. The smallest absolute Gasteiger partial charge is 0.314 e. The largest absolute Gasteiger partial charge is 0.466 e. The summed E-state index contributed by atoms with van der Waals surface area (Å²) >= 11 is 1.26. The van der Waals surface area contributed by atoms with E-state index in [0.717, 1.165) is 0 Å². The number of halogens is 1. The van der Waals surface area contributed by atoms with Crippen molar-refractivity contribution in [3.05, 3.63) is 59.6 Å². The number of anilines is 1. The monoisotopic (exact) mass is 485 g/mol. The first-order chi connectivity index (χ1) is 13.4. The fraction of sp³-hybridized carbons (Fsp3) is 0.250. The number of nitro groups is 1. The topological polar surface area (TPSA) is 160 Å². The average molecular weight is 486 g/mol. The number of carbonyl (C=O) groups excluding carboxylic acids is 1. The molecule has 1 aromatic carbocycles. The van der Waals surface area contributed by atoms with E-state index in [9.17, 15) is 24.5 Å². The van der Waals surface area contributed by atoms with Gasteiger partial charge in [-0.05, 0) is 6.92 Å². The maximum Gasteiger partial charge on any atom is 0.314 e. The molecule has 0 saturated carbocycles. The van der Waals surface area contributed by atoms with Gasteiger partial charge >= 0.3 is 17.1 Å². The summed E-state index contributed by atoms with van der Waals surface area (Å²) in [6.45, 7) is 2.10. The minimum absolute atomic E-state index is 0. The molecule has 2 heterocycles. The van der Waals surface area contributed by atoms with Gasteiger partial charge in [0, 0.05) is 29.6 Å². The highest BCUT2D eigenvalue weighted by Crippen LogP contribution is 2.23. The first kappa shape index (κ1) is 22.2. The van der Waals surface area contributed by atoms with Crippen LogP contribution >= 0.6 is 28.3 Å². The Morgan fingerprint density at radius 2 is 2.03 bits per heavy atom. The molecule has 0 radical (unpaired) electrons. The Labute approximate surface area is 177 Å². The maximum atomic E-state index is 11.6. The zero-order valence-electron chi connectivity index (χ0n) is 15.0. The Morgan fingerprint density at radius 3 is 2.72 bits per heavy atom. The Hall–Kier alpha value is -3.06. The third-order valence-electron chi connectivity index (χ3n) is 3.72. The predicted molar refractivity (Wildman–Crippen MR) is 112 cm³/mol. The van der Waals surface area contributed by atoms with Crippen LogP contribution in [0.3, 0.4) is 0 Å². The second kappa shape index (κ2) is 9.43. The van der Waals surface area contributed by atoms with E-state index < -0.39 is 16.0 Å². The zero-order chi connectivity index (χ0) is 20.3. The molecule has 0 spiro atoms. The van der Waals surface area contributed by atoms with Crippen LogP contribution in [0.1, 0.15) is 18.2 Å². The Kier molecular flexibility index (Phi) is 7.23. The number of carbonyl (C=O) groups is 1. The molecule has 0 bridgehead atoms. The number of ether oxygens (including phenoxy) is 1. The lowest BCUT2D eigenvalue weighted by molar-refractivity contribution is -0.384. The highest BCUT2D eigenvalue weighted by Gasteiger charge is 2.15. The number of hydrogen-bond acceptors (Lipinski definition) is 9. The number of H-pyrrole nitrogens is 2. The van der Waals surface area contributed by atoms with Gasteiger partial charge in [-0.1, -0.05) is 0 Å². The summed E-state index contributed by atoms with van der Waals surface area (Å²) in [6.07, 6.45) is 0.0420. The molecule has 0 unspecified atom stereocenters. The fourth-order valence-electron chi connectivity index (χ4n) is 2.53. The molecule has 0 fully saturated rings. The van der Waals surface area contributed by atoms with Crippen molar-refractivity contribution in [3.63, 3.8) is 0 Å². The molecule has 154 valence electrons. The Bertz CT molecular complexity index is 1170. The molecular weight excluding hydrogens is 470 g/mol. The summed E-state index contributed by atoms with van der Waals surface area (Å²) < 4.78 is 4.87. The standard InChI is InChI=1S/C16H15N5O6S.BrH/c1-2-27-12(22)4-9-7-28-16(18-9)17-6-8-3-10(21(25)26)5-11-13(8)20-15(24)14(23)19-11;/h3,5,7H,2,4,6H2,1H3,(H,17,18)(H,19,23)(H,20,24);1H. The van der Waals surface area contributed by atoms with Crippen molar-refractivity contribution in [2.24, 2.45) is 0 Å². The molecule has 0 aliphatic heterocycles. The highest BCUT2D eigenvalue weighted by molar-refractivity contribution is 8.93. The third kappa shape index (κ3) is 5.26.